The quantitative estimate of drug-likeness (QED) is 0.249. The van der Waals surface area contributed by atoms with Gasteiger partial charge in [0.2, 0.25) is 5.95 Å². The van der Waals surface area contributed by atoms with Crippen LogP contribution in [0.5, 0.6) is 0 Å². The predicted molar refractivity (Wildman–Crippen MR) is 171 cm³/mol. The lowest BCUT2D eigenvalue weighted by molar-refractivity contribution is 0.0499. The van der Waals surface area contributed by atoms with Crippen LogP contribution in [0.4, 0.5) is 10.7 Å². The second-order valence-corrected chi connectivity index (χ2v) is 12.0. The van der Waals surface area contributed by atoms with Gasteiger partial charge in [-0.3, -0.25) is 28.3 Å². The van der Waals surface area contributed by atoms with Gasteiger partial charge in [0.1, 0.15) is 5.60 Å². The summed E-state index contributed by atoms with van der Waals surface area (Å²) < 4.78 is 9.38. The van der Waals surface area contributed by atoms with E-state index in [2.05, 4.69) is 22.1 Å². The van der Waals surface area contributed by atoms with E-state index in [-0.39, 0.29) is 29.5 Å². The van der Waals surface area contributed by atoms with Crippen LogP contribution < -0.4 is 21.5 Å². The highest BCUT2D eigenvalue weighted by Crippen LogP contribution is 2.25. The smallest absolute Gasteiger partial charge is 0.407 e. The minimum atomic E-state index is -0.650. The van der Waals surface area contributed by atoms with Gasteiger partial charge in [-0.15, -0.1) is 5.92 Å². The van der Waals surface area contributed by atoms with Crippen molar-refractivity contribution in [2.24, 2.45) is 7.05 Å². The van der Waals surface area contributed by atoms with Crippen LogP contribution in [0.15, 0.2) is 58.4 Å². The van der Waals surface area contributed by atoms with Gasteiger partial charge in [-0.25, -0.2) is 9.59 Å². The van der Waals surface area contributed by atoms with Gasteiger partial charge >= 0.3 is 11.8 Å². The van der Waals surface area contributed by atoms with Gasteiger partial charge < -0.3 is 15.0 Å². The Bertz CT molecular complexity index is 1920. The summed E-state index contributed by atoms with van der Waals surface area (Å²) in [6.07, 6.45) is 4.29. The van der Waals surface area contributed by atoms with Crippen molar-refractivity contribution in [2.45, 2.75) is 65.3 Å². The number of carbonyl (C=O) groups excluding carboxylic acids is 2. The van der Waals surface area contributed by atoms with Crippen molar-refractivity contribution in [1.29, 1.82) is 0 Å². The number of imidazole rings is 1. The summed E-state index contributed by atoms with van der Waals surface area (Å²) in [5.41, 5.74) is 0.336. The molecular formula is C33H37N7O5. The molecule has 4 heterocycles. The number of alkyl carbamates (subject to hydrolysis) is 1. The number of carbonyl (C=O) groups is 2. The average Bonchev–Trinajstić information content (AvgIpc) is 3.40. The average molecular weight is 612 g/mol. The number of amides is 1. The molecule has 1 atom stereocenters. The third-order valence-corrected chi connectivity index (χ3v) is 7.57. The molecule has 1 saturated heterocycles. The Morgan fingerprint density at radius 1 is 1.09 bits per heavy atom. The normalized spacial score (nSPS) is 15.0. The zero-order valence-corrected chi connectivity index (χ0v) is 26.2. The van der Waals surface area contributed by atoms with Crippen LogP contribution in [0.25, 0.3) is 22.3 Å². The van der Waals surface area contributed by atoms with Crippen molar-refractivity contribution in [3.8, 4) is 23.0 Å². The number of hydrogen-bond acceptors (Lipinski definition) is 8. The monoisotopic (exact) mass is 611 g/mol. The molecule has 0 spiro atoms. The van der Waals surface area contributed by atoms with Gasteiger partial charge in [-0.05, 0) is 63.8 Å². The maximum Gasteiger partial charge on any atom is 0.407 e. The minimum Gasteiger partial charge on any atom is -0.444 e. The number of rotatable bonds is 7. The number of hydrogen-bond donors (Lipinski definition) is 1. The molecule has 12 nitrogen and oxygen atoms in total. The molecule has 45 heavy (non-hydrogen) atoms. The van der Waals surface area contributed by atoms with Crippen LogP contribution in [-0.4, -0.2) is 60.3 Å². The fraction of sp³-hybridized carbons (Fsp3) is 0.394. The maximum atomic E-state index is 14.0. The summed E-state index contributed by atoms with van der Waals surface area (Å²) in [6, 6.07) is 10.5. The minimum absolute atomic E-state index is 0.148. The topological polar surface area (TPSA) is 133 Å². The number of aryl methyl sites for hydroxylation is 1. The Morgan fingerprint density at radius 3 is 2.53 bits per heavy atom. The molecule has 4 aromatic rings. The van der Waals surface area contributed by atoms with E-state index in [1.165, 1.54) is 11.6 Å². The summed E-state index contributed by atoms with van der Waals surface area (Å²) in [6.45, 7) is 7.87. The van der Waals surface area contributed by atoms with E-state index in [4.69, 9.17) is 9.72 Å². The van der Waals surface area contributed by atoms with Gasteiger partial charge in [0.15, 0.2) is 16.9 Å². The van der Waals surface area contributed by atoms with Gasteiger partial charge in [0.05, 0.1) is 13.1 Å². The lowest BCUT2D eigenvalue weighted by Gasteiger charge is -2.34. The van der Waals surface area contributed by atoms with E-state index in [0.717, 1.165) is 23.0 Å². The van der Waals surface area contributed by atoms with Crippen LogP contribution in [0.2, 0.25) is 0 Å². The number of ketones is 1. The highest BCUT2D eigenvalue weighted by molar-refractivity contribution is 6.02. The third-order valence-electron chi connectivity index (χ3n) is 7.57. The number of benzene rings is 1. The zero-order chi connectivity index (χ0) is 32.3. The molecule has 1 aromatic carbocycles. The molecule has 0 saturated carbocycles. The van der Waals surface area contributed by atoms with E-state index >= 15 is 0 Å². The van der Waals surface area contributed by atoms with E-state index in [1.807, 2.05) is 17.0 Å². The van der Waals surface area contributed by atoms with Gasteiger partial charge in [0, 0.05) is 44.1 Å². The SMILES string of the molecule is CC#CCn1c(N2CCC[C@@H](NC(=O)OC(C)(C)C)C2)nc2c1c(=O)n(CC(=O)c1ccccc1-c1ccncc1)c(=O)n2C. The standard InChI is InChI=1S/C33H37N7O5/c1-6-7-19-39-27-28(36-30(39)38-18-10-11-23(20-38)35-31(43)45-33(2,3)4)37(5)32(44)40(29(27)42)21-26(41)25-13-9-8-12-24(25)22-14-16-34-17-15-22/h8-9,12-17,23H,10-11,18-21H2,1-5H3,(H,35,43)/t23-/m1/s1. The lowest BCUT2D eigenvalue weighted by Crippen LogP contribution is -2.49. The summed E-state index contributed by atoms with van der Waals surface area (Å²) in [5.74, 6) is 5.96. The molecule has 0 radical (unpaired) electrons. The molecule has 1 amide bonds. The molecule has 1 aliphatic rings. The van der Waals surface area contributed by atoms with Crippen LogP contribution in [0, 0.1) is 11.8 Å². The van der Waals surface area contributed by atoms with Crippen molar-refractivity contribution in [3.05, 3.63) is 75.2 Å². The first-order valence-electron chi connectivity index (χ1n) is 14.8. The number of ether oxygens (including phenoxy) is 1. The molecule has 234 valence electrons. The number of aromatic nitrogens is 5. The largest absolute Gasteiger partial charge is 0.444 e. The van der Waals surface area contributed by atoms with Gasteiger partial charge in [-0.1, -0.05) is 30.2 Å². The number of nitrogens with one attached hydrogen (secondary N) is 1. The highest BCUT2D eigenvalue weighted by atomic mass is 16.6. The first-order valence-corrected chi connectivity index (χ1v) is 14.8. The number of piperidine rings is 1. The lowest BCUT2D eigenvalue weighted by atomic mass is 9.98. The molecule has 3 aromatic heterocycles. The molecular weight excluding hydrogens is 574 g/mol. The number of nitrogens with zero attached hydrogens (tertiary/aromatic N) is 6. The summed E-state index contributed by atoms with van der Waals surface area (Å²) in [5, 5.41) is 2.94. The highest BCUT2D eigenvalue weighted by Gasteiger charge is 2.29. The Morgan fingerprint density at radius 2 is 1.82 bits per heavy atom. The zero-order valence-electron chi connectivity index (χ0n) is 26.2. The van der Waals surface area contributed by atoms with E-state index < -0.39 is 29.5 Å². The third kappa shape index (κ3) is 6.67. The molecule has 1 fully saturated rings. The molecule has 1 N–H and O–H groups in total. The summed E-state index contributed by atoms with van der Waals surface area (Å²) in [4.78, 5) is 64.5. The fourth-order valence-corrected chi connectivity index (χ4v) is 5.54. The Kier molecular flexibility index (Phi) is 8.90. The second-order valence-electron chi connectivity index (χ2n) is 12.0. The van der Waals surface area contributed by atoms with E-state index in [9.17, 15) is 19.2 Å². The molecule has 1 aliphatic heterocycles. The number of fused-ring (bicyclic) bond motifs is 1. The molecule has 0 unspecified atom stereocenters. The van der Waals surface area contributed by atoms with Gasteiger partial charge in [0.25, 0.3) is 5.56 Å². The fourth-order valence-electron chi connectivity index (χ4n) is 5.54. The van der Waals surface area contributed by atoms with Crippen LogP contribution in [0.3, 0.4) is 0 Å². The van der Waals surface area contributed by atoms with E-state index in [0.29, 0.717) is 30.2 Å². The van der Waals surface area contributed by atoms with Crippen molar-refractivity contribution in [2.75, 3.05) is 18.0 Å². The van der Waals surface area contributed by atoms with E-state index in [1.54, 1.807) is 68.9 Å². The Balaban J connectivity index is 1.53. The number of anilines is 1. The first kappa shape index (κ1) is 31.3. The number of Topliss-reactive ketones (excluding diaryl/α,β-unsaturated/α-hetero) is 1. The maximum absolute atomic E-state index is 14.0. The Hall–Kier alpha value is -5.18. The Labute approximate surface area is 260 Å². The summed E-state index contributed by atoms with van der Waals surface area (Å²) >= 11 is 0. The molecule has 12 heteroatoms. The predicted octanol–water partition coefficient (Wildman–Crippen LogP) is 3.36. The van der Waals surface area contributed by atoms with Crippen molar-refractivity contribution in [3.63, 3.8) is 0 Å². The van der Waals surface area contributed by atoms with Crippen molar-refractivity contribution >= 4 is 29.0 Å². The molecule has 5 rings (SSSR count). The number of pyridine rings is 1. The van der Waals surface area contributed by atoms with Crippen LogP contribution in [-0.2, 0) is 24.9 Å². The van der Waals surface area contributed by atoms with Gasteiger partial charge in [-0.2, -0.15) is 4.98 Å². The van der Waals surface area contributed by atoms with Crippen molar-refractivity contribution < 1.29 is 14.3 Å². The van der Waals surface area contributed by atoms with Crippen molar-refractivity contribution in [1.82, 2.24) is 29.0 Å². The first-order chi connectivity index (χ1) is 21.5. The summed E-state index contributed by atoms with van der Waals surface area (Å²) in [7, 11) is 1.53. The second kappa shape index (κ2) is 12.8. The molecule has 0 bridgehead atoms. The van der Waals surface area contributed by atoms with Crippen LogP contribution >= 0.6 is 0 Å². The molecule has 0 aliphatic carbocycles. The van der Waals surface area contributed by atoms with Crippen LogP contribution in [0.1, 0.15) is 50.9 Å².